The van der Waals surface area contributed by atoms with Crippen molar-refractivity contribution in [2.24, 2.45) is 17.4 Å². The standard InChI is InChI=1S/C92H110Cl3N11O35P2/c1-39(2)25-55(98-7)81(117)105-71-73(112)46-16-21-59(53(94)27-46)136-61-29-48-30-62(77(61)141-88-78(75(114)74(113)63(37-107)138-88)140-66-35-91(6,80(116)41(4)135-66)100-36-42-9-11-43(12-10-42)44-13-18-49(93)19-14-44)137-60-22-17-47(28-54(60)95)76(139-65-34-90(5,97)79(115)40(3)134-65)72-86(122)104-70(87(123)132-38-133-89(124)99-24-8-23-92(125,142(126,127)128)143(129,130)131)52-31-50(108)32-58(110)67(52)51-26-45(15-20-57(51)109)68(83(119)106-72)103-84(120)69(48)102-82(118)56(33-64(96)111)101-85(71)121/h9-22,26-32,39-41,55-56,63,65-66,68-76,78-80,88,98,100,107-110,112-116,125H,8,23-25,33-38,97H2,1-7H3,(H2,96,111)(H,99,124)(H,101,121)(H,102,118)(H,103,120)(H,104,122)(H,105,117)(H,106,119)(H2,126,127,128)(H2,129,130,131)/t40?,41?,55?,56?,63?,65?,66?,68?,69?,70-,71?,72?,73+,74?,75?,76-,78?,79?,80?,88?,90-,91-/m1/s1. The molecule has 15 rings (SSSR count). The Bertz CT molecular complexity index is 6010. The van der Waals surface area contributed by atoms with E-state index < -0.39 is 336 Å². The zero-order chi connectivity index (χ0) is 104. The quantitative estimate of drug-likeness (QED) is 0.0152. The highest BCUT2D eigenvalue weighted by Gasteiger charge is 2.59. The number of esters is 1. The molecule has 11 bridgehead atoms. The van der Waals surface area contributed by atoms with E-state index in [2.05, 4.69) is 42.5 Å². The van der Waals surface area contributed by atoms with Crippen LogP contribution in [0.1, 0.15) is 144 Å². The summed E-state index contributed by atoms with van der Waals surface area (Å²) in [6.07, 6.45) is -27.7. The Morgan fingerprint density at radius 2 is 1.23 bits per heavy atom. The Hall–Kier alpha value is -11.1. The number of carbonyl (C=O) groups is 9. The first-order chi connectivity index (χ1) is 67.3. The smallest absolute Gasteiger partial charge is 0.410 e. The Kier molecular flexibility index (Phi) is 34.3. The summed E-state index contributed by atoms with van der Waals surface area (Å²) in [5, 5.41) is 137. The van der Waals surface area contributed by atoms with Crippen molar-refractivity contribution in [1.82, 2.24) is 47.9 Å². The topological polar surface area (TPSA) is 724 Å². The minimum absolute atomic E-state index is 0.154. The summed E-state index contributed by atoms with van der Waals surface area (Å²) in [7, 11) is -10.5. The molecule has 22 atom stereocenters. The van der Waals surface area contributed by atoms with E-state index in [4.69, 9.17) is 93.6 Å². The highest BCUT2D eigenvalue weighted by molar-refractivity contribution is 7.72. The van der Waals surface area contributed by atoms with Crippen molar-refractivity contribution in [3.05, 3.63) is 176 Å². The number of phenolic OH excluding ortho intramolecular Hbond substituents is 3. The lowest BCUT2D eigenvalue weighted by Gasteiger charge is -2.48. The van der Waals surface area contributed by atoms with E-state index in [-0.39, 0.29) is 36.4 Å². The van der Waals surface area contributed by atoms with Gasteiger partial charge in [0, 0.05) is 71.2 Å². The molecule has 3 fully saturated rings. The first-order valence-electron chi connectivity index (χ1n) is 44.8. The first kappa shape index (κ1) is 109. The van der Waals surface area contributed by atoms with E-state index in [0.29, 0.717) is 11.1 Å². The third-order valence-electron chi connectivity index (χ3n) is 25.2. The summed E-state index contributed by atoms with van der Waals surface area (Å²) in [6, 6.07) is 12.8. The van der Waals surface area contributed by atoms with E-state index in [0.717, 1.165) is 77.4 Å². The number of likely N-dealkylation sites (N-methyl/N-ethyl adjacent to an activating group) is 1. The number of phenols is 3. The number of nitrogens with two attached hydrogens (primary N) is 2. The van der Waals surface area contributed by atoms with Crippen LogP contribution in [0, 0.1) is 5.92 Å². The van der Waals surface area contributed by atoms with Crippen LogP contribution in [0.3, 0.4) is 0 Å². The van der Waals surface area contributed by atoms with E-state index in [9.17, 15) is 94.2 Å². The number of hydrogen-bond donors (Lipinski definition) is 25. The molecule has 51 heteroatoms. The van der Waals surface area contributed by atoms with Gasteiger partial charge in [-0.05, 0) is 159 Å². The molecule has 0 radical (unpaired) electrons. The molecule has 0 saturated carbocycles. The van der Waals surface area contributed by atoms with Crippen LogP contribution in [0.4, 0.5) is 4.79 Å². The number of aliphatic hydroxyl groups is 7. The molecular weight excluding hydrogens is 1990 g/mol. The van der Waals surface area contributed by atoms with Crippen molar-refractivity contribution < 1.29 is 170 Å². The summed E-state index contributed by atoms with van der Waals surface area (Å²) in [5.74, 6) is -17.3. The molecule has 8 aliphatic heterocycles. The number of carbonyl (C=O) groups excluding carboxylic acids is 9. The molecule has 46 nitrogen and oxygen atoms in total. The Balaban J connectivity index is 0.991. The van der Waals surface area contributed by atoms with Crippen LogP contribution in [-0.2, 0) is 87.2 Å². The van der Waals surface area contributed by atoms with Crippen molar-refractivity contribution in [2.75, 3.05) is 27.0 Å². The Morgan fingerprint density at radius 1 is 0.643 bits per heavy atom. The molecular formula is C92H110Cl3N11O35P2. The van der Waals surface area contributed by atoms with Crippen molar-refractivity contribution >= 4 is 103 Å². The summed E-state index contributed by atoms with van der Waals surface area (Å²) in [5.41, 5.74) is 8.69. The van der Waals surface area contributed by atoms with Gasteiger partial charge in [0.05, 0.1) is 53.5 Å². The predicted octanol–water partition coefficient (Wildman–Crippen LogP) is 3.42. The Morgan fingerprint density at radius 3 is 1.83 bits per heavy atom. The number of primary amides is 1. The van der Waals surface area contributed by atoms with Gasteiger partial charge < -0.3 is 177 Å². The van der Waals surface area contributed by atoms with E-state index >= 15 is 28.8 Å². The van der Waals surface area contributed by atoms with Gasteiger partial charge in [-0.2, -0.15) is 0 Å². The maximum Gasteiger partial charge on any atom is 0.410 e. The maximum absolute atomic E-state index is 16.8. The molecule has 8 aliphatic rings. The lowest BCUT2D eigenvalue weighted by atomic mass is 9.84. The summed E-state index contributed by atoms with van der Waals surface area (Å²) < 4.78 is 87.6. The number of amides is 8. The number of fused-ring (bicyclic) bond motifs is 15. The van der Waals surface area contributed by atoms with Crippen LogP contribution >= 0.6 is 50.0 Å². The van der Waals surface area contributed by atoms with E-state index in [1.54, 1.807) is 39.8 Å². The molecule has 8 amide bonds. The van der Waals surface area contributed by atoms with Crippen LogP contribution < -0.4 is 73.5 Å². The second-order valence-electron chi connectivity index (χ2n) is 36.3. The van der Waals surface area contributed by atoms with Gasteiger partial charge in [-0.1, -0.05) is 103 Å². The van der Waals surface area contributed by atoms with Crippen LogP contribution in [0.25, 0.3) is 22.3 Å². The van der Waals surface area contributed by atoms with E-state index in [1.165, 1.54) is 33.0 Å². The second kappa shape index (κ2) is 44.9. The number of ether oxygens (including phenoxy) is 10. The number of benzene rings is 7. The number of hydrogen-bond acceptors (Lipinski definition) is 34. The highest BCUT2D eigenvalue weighted by atomic mass is 35.5. The first-order valence-corrected chi connectivity index (χ1v) is 49.2. The minimum atomic E-state index is -5.96. The molecule has 27 N–H and O–H groups in total. The van der Waals surface area contributed by atoms with Crippen LogP contribution in [0.15, 0.2) is 127 Å². The molecule has 143 heavy (non-hydrogen) atoms. The van der Waals surface area contributed by atoms with Crippen molar-refractivity contribution in [2.45, 2.75) is 225 Å². The number of aromatic hydroxyl groups is 3. The van der Waals surface area contributed by atoms with E-state index in [1.807, 2.05) is 41.7 Å². The van der Waals surface area contributed by atoms with Crippen molar-refractivity contribution in [1.29, 1.82) is 0 Å². The average Bonchev–Trinajstić information content (AvgIpc) is 0.776. The second-order valence-corrected chi connectivity index (χ2v) is 41.5. The summed E-state index contributed by atoms with van der Waals surface area (Å²) in [6.45, 7) is 6.58. The van der Waals surface area contributed by atoms with Crippen molar-refractivity contribution in [3.63, 3.8) is 0 Å². The highest BCUT2D eigenvalue weighted by Crippen LogP contribution is 2.69. The zero-order valence-corrected chi connectivity index (χ0v) is 81.4. The fraction of sp³-hybridized carbons (Fsp3) is 0.446. The summed E-state index contributed by atoms with van der Waals surface area (Å²) in [4.78, 5) is 176. The van der Waals surface area contributed by atoms with Crippen LogP contribution in [0.5, 0.6) is 46.0 Å². The molecule has 0 aromatic heterocycles. The number of halogens is 3. The average molecular weight is 2100 g/mol. The number of alkyl carbamates (subject to hydrolysis) is 1. The number of rotatable bonds is 27. The molecule has 7 aromatic carbocycles. The summed E-state index contributed by atoms with van der Waals surface area (Å²) >= 11 is 20.9. The van der Waals surface area contributed by atoms with Gasteiger partial charge in [-0.25, -0.2) is 9.59 Å². The SMILES string of the molecule is CNC(CC(C)C)C(=O)NC1C(=O)NC(CC(N)=O)C(=O)NC2C(=O)NC3C(=O)NC(C(=O)N[C@@H](C(=O)OCOC(=O)NCCCC(O)(P(=O)(O)O)P(=O)(O)O)c4cc(O)cc(O)c4-c4cc3ccc4O)[C@H](OC3C[C@@](C)(N)C(O)C(C)O3)c3ccc(c(Cl)c3)Oc3cc2cc(c3OC2OC(CO)C(O)C(O)C2OC2C[C@@](C)(NCc3ccc(-c4ccc(Cl)cc4)cc3)C(O)C(C)O2)Oc2ccc(cc2Cl)[C@@H]1O. The largest absolute Gasteiger partial charge is 0.508 e. The Labute approximate surface area is 830 Å². The third kappa shape index (κ3) is 24.9. The third-order valence-corrected chi connectivity index (χ3v) is 29.9. The van der Waals surface area contributed by atoms with Gasteiger partial charge >= 0.3 is 27.3 Å². The van der Waals surface area contributed by atoms with Gasteiger partial charge in [-0.3, -0.25) is 42.7 Å². The predicted molar refractivity (Wildman–Crippen MR) is 501 cm³/mol. The van der Waals surface area contributed by atoms with Gasteiger partial charge in [0.1, 0.15) is 89.5 Å². The monoisotopic (exact) mass is 2100 g/mol. The normalized spacial score (nSPS) is 27.8. The van der Waals surface area contributed by atoms with Gasteiger partial charge in [-0.15, -0.1) is 0 Å². The molecule has 0 aliphatic carbocycles. The molecule has 8 heterocycles. The van der Waals surface area contributed by atoms with Crippen LogP contribution in [-0.4, -0.2) is 259 Å². The molecule has 774 valence electrons. The lowest BCUT2D eigenvalue weighted by Crippen LogP contribution is -2.65. The molecule has 3 saturated heterocycles. The fourth-order valence-corrected chi connectivity index (χ4v) is 20.2. The number of aliphatic hydroxyl groups excluding tert-OH is 6. The van der Waals surface area contributed by atoms with Crippen molar-refractivity contribution in [3.8, 4) is 68.2 Å². The number of nitrogens with one attached hydrogen (secondary N) is 9. The molecule has 7 aromatic rings. The zero-order valence-electron chi connectivity index (χ0n) is 77.3. The van der Waals surface area contributed by atoms with Crippen LogP contribution in [0.2, 0.25) is 15.1 Å². The molecule has 17 unspecified atom stereocenters. The molecule has 0 spiro atoms. The minimum Gasteiger partial charge on any atom is -0.508 e. The maximum atomic E-state index is 16.8. The fourth-order valence-electron chi connectivity index (χ4n) is 17.4. The lowest BCUT2D eigenvalue weighted by molar-refractivity contribution is -0.334. The van der Waals surface area contributed by atoms with Gasteiger partial charge in [0.2, 0.25) is 60.2 Å². The van der Waals surface area contributed by atoms with Gasteiger partial charge in [0.15, 0.2) is 36.2 Å². The van der Waals surface area contributed by atoms with Gasteiger partial charge in [0.25, 0.3) is 5.08 Å².